The highest BCUT2D eigenvalue weighted by Crippen LogP contribution is 2.31. The van der Waals surface area contributed by atoms with Crippen LogP contribution in [0.4, 0.5) is 5.82 Å². The van der Waals surface area contributed by atoms with Crippen LogP contribution in [0, 0.1) is 11.3 Å². The third-order valence-electron chi connectivity index (χ3n) is 4.25. The molecule has 1 aliphatic rings. The summed E-state index contributed by atoms with van der Waals surface area (Å²) in [5, 5.41) is 8.92. The van der Waals surface area contributed by atoms with Crippen molar-refractivity contribution in [1.29, 1.82) is 5.26 Å². The van der Waals surface area contributed by atoms with E-state index in [1.807, 2.05) is 24.3 Å². The van der Waals surface area contributed by atoms with E-state index in [2.05, 4.69) is 24.8 Å². The Bertz CT molecular complexity index is 709. The quantitative estimate of drug-likeness (QED) is 0.867. The maximum Gasteiger partial charge on any atom is 0.161 e. The van der Waals surface area contributed by atoms with E-state index >= 15 is 0 Å². The standard InChI is InChI=1S/C18H20N4/c1-3-22(4-2)18-15-6-5-7-16(15)20-17(21-18)14-10-8-13(12-19)9-11-14/h8-11H,3-7H2,1-2H3. The molecular weight excluding hydrogens is 272 g/mol. The number of hydrogen-bond acceptors (Lipinski definition) is 4. The van der Waals surface area contributed by atoms with Gasteiger partial charge in [-0.2, -0.15) is 5.26 Å². The Labute approximate surface area is 131 Å². The highest BCUT2D eigenvalue weighted by Gasteiger charge is 2.22. The number of benzene rings is 1. The van der Waals surface area contributed by atoms with E-state index in [-0.39, 0.29) is 0 Å². The highest BCUT2D eigenvalue weighted by atomic mass is 15.2. The molecule has 0 aliphatic heterocycles. The smallest absolute Gasteiger partial charge is 0.161 e. The van der Waals surface area contributed by atoms with Crippen LogP contribution >= 0.6 is 0 Å². The number of aromatic nitrogens is 2. The fourth-order valence-corrected chi connectivity index (χ4v) is 3.02. The first kappa shape index (κ1) is 14.5. The Hall–Kier alpha value is -2.41. The zero-order valence-electron chi connectivity index (χ0n) is 13.1. The molecule has 0 bridgehead atoms. The molecule has 1 heterocycles. The Kier molecular flexibility index (Phi) is 4.06. The molecule has 1 aromatic heterocycles. The Morgan fingerprint density at radius 2 is 1.82 bits per heavy atom. The van der Waals surface area contributed by atoms with Gasteiger partial charge >= 0.3 is 0 Å². The van der Waals surface area contributed by atoms with Crippen LogP contribution in [0.2, 0.25) is 0 Å². The summed E-state index contributed by atoms with van der Waals surface area (Å²) in [6.45, 7) is 6.22. The van der Waals surface area contributed by atoms with Crippen LogP contribution in [-0.2, 0) is 12.8 Å². The number of hydrogen-bond donors (Lipinski definition) is 0. The van der Waals surface area contributed by atoms with Crippen molar-refractivity contribution in [1.82, 2.24) is 9.97 Å². The van der Waals surface area contributed by atoms with E-state index in [9.17, 15) is 0 Å². The monoisotopic (exact) mass is 292 g/mol. The van der Waals surface area contributed by atoms with Gasteiger partial charge in [-0.1, -0.05) is 0 Å². The fraction of sp³-hybridized carbons (Fsp3) is 0.389. The Morgan fingerprint density at radius 3 is 2.45 bits per heavy atom. The molecule has 0 saturated carbocycles. The molecule has 0 N–H and O–H groups in total. The molecule has 2 aromatic rings. The van der Waals surface area contributed by atoms with Gasteiger partial charge in [0.05, 0.1) is 11.6 Å². The van der Waals surface area contributed by atoms with Crippen molar-refractivity contribution in [3.05, 3.63) is 41.1 Å². The van der Waals surface area contributed by atoms with E-state index in [1.165, 1.54) is 11.3 Å². The summed E-state index contributed by atoms with van der Waals surface area (Å²) in [6, 6.07) is 9.65. The van der Waals surface area contributed by atoms with Gasteiger partial charge in [0.15, 0.2) is 5.82 Å². The third kappa shape index (κ3) is 2.55. The molecular formula is C18H20N4. The third-order valence-corrected chi connectivity index (χ3v) is 4.25. The predicted molar refractivity (Wildman–Crippen MR) is 87.8 cm³/mol. The molecule has 0 saturated heterocycles. The second-order valence-electron chi connectivity index (χ2n) is 5.51. The minimum absolute atomic E-state index is 0.661. The van der Waals surface area contributed by atoms with Gasteiger partial charge in [-0.25, -0.2) is 9.97 Å². The lowest BCUT2D eigenvalue weighted by Gasteiger charge is -2.23. The SMILES string of the molecule is CCN(CC)c1nc(-c2ccc(C#N)cc2)nc2c1CCC2. The summed E-state index contributed by atoms with van der Waals surface area (Å²) in [5.74, 6) is 1.86. The van der Waals surface area contributed by atoms with Gasteiger partial charge in [0, 0.05) is 29.9 Å². The van der Waals surface area contributed by atoms with Crippen molar-refractivity contribution < 1.29 is 0 Å². The number of aryl methyl sites for hydroxylation is 1. The predicted octanol–water partition coefficient (Wildman–Crippen LogP) is 3.35. The maximum absolute atomic E-state index is 8.92. The van der Waals surface area contributed by atoms with Gasteiger partial charge < -0.3 is 4.90 Å². The molecule has 4 heteroatoms. The molecule has 0 unspecified atom stereocenters. The van der Waals surface area contributed by atoms with Gasteiger partial charge in [0.25, 0.3) is 0 Å². The molecule has 4 nitrogen and oxygen atoms in total. The first-order valence-corrected chi connectivity index (χ1v) is 7.92. The van der Waals surface area contributed by atoms with Crippen LogP contribution in [0.3, 0.4) is 0 Å². The van der Waals surface area contributed by atoms with Crippen molar-refractivity contribution in [2.24, 2.45) is 0 Å². The molecule has 112 valence electrons. The van der Waals surface area contributed by atoms with Gasteiger partial charge in [-0.05, 0) is 57.4 Å². The highest BCUT2D eigenvalue weighted by molar-refractivity contribution is 5.62. The Morgan fingerprint density at radius 1 is 1.09 bits per heavy atom. The number of nitrogens with zero attached hydrogens (tertiary/aromatic N) is 4. The van der Waals surface area contributed by atoms with E-state index < -0.39 is 0 Å². The van der Waals surface area contributed by atoms with Crippen LogP contribution in [-0.4, -0.2) is 23.1 Å². The minimum Gasteiger partial charge on any atom is -0.357 e. The largest absolute Gasteiger partial charge is 0.357 e. The van der Waals surface area contributed by atoms with Crippen molar-refractivity contribution in [3.63, 3.8) is 0 Å². The normalized spacial score (nSPS) is 12.8. The zero-order valence-corrected chi connectivity index (χ0v) is 13.1. The first-order chi connectivity index (χ1) is 10.8. The molecule has 0 amide bonds. The van der Waals surface area contributed by atoms with Crippen LogP contribution in [0.5, 0.6) is 0 Å². The fourth-order valence-electron chi connectivity index (χ4n) is 3.02. The zero-order chi connectivity index (χ0) is 15.5. The molecule has 0 radical (unpaired) electrons. The average Bonchev–Trinajstić information content (AvgIpc) is 3.04. The molecule has 0 atom stereocenters. The lowest BCUT2D eigenvalue weighted by atomic mass is 10.1. The summed E-state index contributed by atoms with van der Waals surface area (Å²) in [5.41, 5.74) is 4.15. The molecule has 3 rings (SSSR count). The van der Waals surface area contributed by atoms with E-state index in [0.29, 0.717) is 5.56 Å². The number of anilines is 1. The summed E-state index contributed by atoms with van der Waals surface area (Å²) in [6.07, 6.45) is 3.28. The van der Waals surface area contributed by atoms with Crippen LogP contribution in [0.25, 0.3) is 11.4 Å². The Balaban J connectivity index is 2.09. The first-order valence-electron chi connectivity index (χ1n) is 7.92. The maximum atomic E-state index is 8.92. The molecule has 0 fully saturated rings. The summed E-state index contributed by atoms with van der Waals surface area (Å²) >= 11 is 0. The van der Waals surface area contributed by atoms with Gasteiger partial charge in [0.1, 0.15) is 5.82 Å². The minimum atomic E-state index is 0.661. The van der Waals surface area contributed by atoms with Gasteiger partial charge in [-0.15, -0.1) is 0 Å². The lowest BCUT2D eigenvalue weighted by Crippen LogP contribution is -2.25. The van der Waals surface area contributed by atoms with Crippen molar-refractivity contribution in [2.45, 2.75) is 33.1 Å². The summed E-state index contributed by atoms with van der Waals surface area (Å²) in [4.78, 5) is 11.9. The molecule has 1 aliphatic carbocycles. The molecule has 1 aromatic carbocycles. The topological polar surface area (TPSA) is 52.8 Å². The van der Waals surface area contributed by atoms with E-state index in [4.69, 9.17) is 15.2 Å². The van der Waals surface area contributed by atoms with Crippen molar-refractivity contribution in [3.8, 4) is 17.5 Å². The lowest BCUT2D eigenvalue weighted by molar-refractivity contribution is 0.829. The summed E-state index contributed by atoms with van der Waals surface area (Å²) < 4.78 is 0. The number of rotatable bonds is 4. The van der Waals surface area contributed by atoms with Crippen molar-refractivity contribution in [2.75, 3.05) is 18.0 Å². The van der Waals surface area contributed by atoms with E-state index in [1.54, 1.807) is 0 Å². The van der Waals surface area contributed by atoms with Crippen molar-refractivity contribution >= 4 is 5.82 Å². The van der Waals surface area contributed by atoms with Gasteiger partial charge in [-0.3, -0.25) is 0 Å². The second kappa shape index (κ2) is 6.15. The van der Waals surface area contributed by atoms with Crippen LogP contribution in [0.15, 0.2) is 24.3 Å². The number of fused-ring (bicyclic) bond motifs is 1. The average molecular weight is 292 g/mol. The summed E-state index contributed by atoms with van der Waals surface area (Å²) in [7, 11) is 0. The molecule has 22 heavy (non-hydrogen) atoms. The van der Waals surface area contributed by atoms with Crippen LogP contribution < -0.4 is 4.90 Å². The molecule has 0 spiro atoms. The van der Waals surface area contributed by atoms with Crippen LogP contribution in [0.1, 0.15) is 37.1 Å². The second-order valence-corrected chi connectivity index (χ2v) is 5.51. The van der Waals surface area contributed by atoms with E-state index in [0.717, 1.165) is 49.6 Å². The number of nitriles is 1. The van der Waals surface area contributed by atoms with Gasteiger partial charge in [0.2, 0.25) is 0 Å².